The van der Waals surface area contributed by atoms with Crippen LogP contribution in [-0.4, -0.2) is 19.1 Å². The minimum Gasteiger partial charge on any atom is -0.468 e. The minimum atomic E-state index is -0.519. The van der Waals surface area contributed by atoms with Crippen LogP contribution in [0.4, 0.5) is 0 Å². The van der Waals surface area contributed by atoms with Crippen LogP contribution in [0.15, 0.2) is 28.7 Å². The summed E-state index contributed by atoms with van der Waals surface area (Å²) in [5.41, 5.74) is 6.27. The van der Waals surface area contributed by atoms with Gasteiger partial charge in [-0.25, -0.2) is 0 Å². The lowest BCUT2D eigenvalue weighted by atomic mass is 9.62. The van der Waals surface area contributed by atoms with Gasteiger partial charge in [-0.3, -0.25) is 4.79 Å². The summed E-state index contributed by atoms with van der Waals surface area (Å²) in [6.07, 6.45) is 1.34. The molecular formula is C12H14BrNO2. The van der Waals surface area contributed by atoms with Crippen molar-refractivity contribution in [1.29, 1.82) is 0 Å². The van der Waals surface area contributed by atoms with Crippen molar-refractivity contribution in [2.45, 2.75) is 24.3 Å². The molecule has 1 aliphatic rings. The molecule has 4 heteroatoms. The predicted octanol–water partition coefficient (Wildman–Crippen LogP) is 1.98. The summed E-state index contributed by atoms with van der Waals surface area (Å²) in [5.74, 6) is -0.184. The molecule has 0 atom stereocenters. The second kappa shape index (κ2) is 4.18. The Morgan fingerprint density at radius 2 is 2.00 bits per heavy atom. The fourth-order valence-corrected chi connectivity index (χ4v) is 2.58. The topological polar surface area (TPSA) is 52.3 Å². The van der Waals surface area contributed by atoms with Crippen molar-refractivity contribution in [2.24, 2.45) is 5.73 Å². The molecule has 2 N–H and O–H groups in total. The van der Waals surface area contributed by atoms with Crippen molar-refractivity contribution in [3.8, 4) is 0 Å². The molecule has 1 aromatic carbocycles. The van der Waals surface area contributed by atoms with Crippen molar-refractivity contribution in [3.05, 3.63) is 34.3 Å². The Hall–Kier alpha value is -0.870. The average molecular weight is 284 g/mol. The van der Waals surface area contributed by atoms with E-state index in [1.165, 1.54) is 7.11 Å². The second-order valence-electron chi connectivity index (χ2n) is 4.25. The van der Waals surface area contributed by atoms with E-state index in [9.17, 15) is 4.79 Å². The molecule has 0 amide bonds. The molecule has 0 spiro atoms. The minimum absolute atomic E-state index is 0.0998. The van der Waals surface area contributed by atoms with E-state index in [4.69, 9.17) is 10.5 Å². The molecule has 1 aromatic rings. The summed E-state index contributed by atoms with van der Waals surface area (Å²) >= 11 is 3.38. The van der Waals surface area contributed by atoms with E-state index in [2.05, 4.69) is 15.9 Å². The number of rotatable bonds is 2. The highest BCUT2D eigenvalue weighted by Gasteiger charge is 2.51. The van der Waals surface area contributed by atoms with Gasteiger partial charge in [0.1, 0.15) is 0 Å². The maximum Gasteiger partial charge on any atom is 0.316 e. The molecule has 0 heterocycles. The summed E-state index contributed by atoms with van der Waals surface area (Å²) < 4.78 is 5.88. The first kappa shape index (κ1) is 11.6. The van der Waals surface area contributed by atoms with Gasteiger partial charge in [0, 0.05) is 10.5 Å². The molecule has 2 rings (SSSR count). The molecule has 0 unspecified atom stereocenters. The third-order valence-corrected chi connectivity index (χ3v) is 3.72. The molecule has 0 aliphatic heterocycles. The lowest BCUT2D eigenvalue weighted by Gasteiger charge is -2.43. The van der Waals surface area contributed by atoms with Crippen LogP contribution < -0.4 is 5.73 Å². The van der Waals surface area contributed by atoms with Crippen LogP contribution in [0.1, 0.15) is 18.4 Å². The molecule has 0 radical (unpaired) electrons. The number of methoxy groups -OCH3 is 1. The third kappa shape index (κ3) is 1.76. The van der Waals surface area contributed by atoms with E-state index in [1.807, 2.05) is 24.3 Å². The summed E-state index contributed by atoms with van der Waals surface area (Å²) in [6, 6.07) is 7.87. The Balaban J connectivity index is 2.34. The molecule has 16 heavy (non-hydrogen) atoms. The highest BCUT2D eigenvalue weighted by Crippen LogP contribution is 2.44. The molecule has 0 aromatic heterocycles. The zero-order valence-corrected chi connectivity index (χ0v) is 10.7. The molecule has 1 fully saturated rings. The molecular weight excluding hydrogens is 270 g/mol. The number of hydrogen-bond donors (Lipinski definition) is 1. The smallest absolute Gasteiger partial charge is 0.316 e. The predicted molar refractivity (Wildman–Crippen MR) is 65.0 cm³/mol. The van der Waals surface area contributed by atoms with Crippen molar-refractivity contribution in [2.75, 3.05) is 7.11 Å². The fourth-order valence-electron chi connectivity index (χ4n) is 2.32. The number of esters is 1. The molecule has 1 aliphatic carbocycles. The van der Waals surface area contributed by atoms with Crippen molar-refractivity contribution >= 4 is 21.9 Å². The molecule has 0 bridgehead atoms. The van der Waals surface area contributed by atoms with Crippen molar-refractivity contribution in [3.63, 3.8) is 0 Å². The molecule has 1 saturated carbocycles. The third-order valence-electron chi connectivity index (χ3n) is 3.19. The standard InChI is InChI=1S/C12H14BrNO2/c1-16-11(15)12(6-10(14)7-12)8-2-4-9(13)5-3-8/h2-5,10H,6-7,14H2,1H3. The highest BCUT2D eigenvalue weighted by molar-refractivity contribution is 9.10. The van der Waals surface area contributed by atoms with Crippen LogP contribution in [0, 0.1) is 0 Å². The van der Waals surface area contributed by atoms with Gasteiger partial charge in [-0.2, -0.15) is 0 Å². The van der Waals surface area contributed by atoms with Gasteiger partial charge in [0.25, 0.3) is 0 Å². The van der Waals surface area contributed by atoms with Gasteiger partial charge in [0.2, 0.25) is 0 Å². The number of carbonyl (C=O) groups excluding carboxylic acids is 1. The monoisotopic (exact) mass is 283 g/mol. The Kier molecular flexibility index (Phi) is 3.04. The van der Waals surface area contributed by atoms with Gasteiger partial charge in [-0.15, -0.1) is 0 Å². The van der Waals surface area contributed by atoms with Gasteiger partial charge in [-0.1, -0.05) is 28.1 Å². The average Bonchev–Trinajstić information content (AvgIpc) is 2.25. The Morgan fingerprint density at radius 3 is 2.44 bits per heavy atom. The largest absolute Gasteiger partial charge is 0.468 e. The van der Waals surface area contributed by atoms with Crippen LogP contribution in [0.2, 0.25) is 0 Å². The zero-order valence-electron chi connectivity index (χ0n) is 9.07. The summed E-state index contributed by atoms with van der Waals surface area (Å²) in [4.78, 5) is 11.9. The number of nitrogens with two attached hydrogens (primary N) is 1. The maximum absolute atomic E-state index is 11.9. The highest BCUT2D eigenvalue weighted by atomic mass is 79.9. The number of halogens is 1. The number of benzene rings is 1. The first-order valence-corrected chi connectivity index (χ1v) is 5.98. The van der Waals surface area contributed by atoms with Crippen molar-refractivity contribution in [1.82, 2.24) is 0 Å². The van der Waals surface area contributed by atoms with Gasteiger partial charge >= 0.3 is 5.97 Å². The van der Waals surface area contributed by atoms with Gasteiger partial charge in [0.05, 0.1) is 12.5 Å². The van der Waals surface area contributed by atoms with E-state index < -0.39 is 5.41 Å². The molecule has 86 valence electrons. The Bertz CT molecular complexity index is 396. The van der Waals surface area contributed by atoms with Gasteiger partial charge < -0.3 is 10.5 Å². The Labute approximate surface area is 103 Å². The molecule has 0 saturated heterocycles. The van der Waals surface area contributed by atoms with E-state index in [0.717, 1.165) is 10.0 Å². The van der Waals surface area contributed by atoms with E-state index >= 15 is 0 Å². The summed E-state index contributed by atoms with van der Waals surface area (Å²) in [7, 11) is 1.42. The quantitative estimate of drug-likeness (QED) is 0.845. The van der Waals surface area contributed by atoms with Crippen LogP contribution in [0.25, 0.3) is 0 Å². The first-order valence-electron chi connectivity index (χ1n) is 5.18. The summed E-state index contributed by atoms with van der Waals surface area (Å²) in [5, 5.41) is 0. The zero-order chi connectivity index (χ0) is 11.8. The van der Waals surface area contributed by atoms with Gasteiger partial charge in [0.15, 0.2) is 0 Å². The Morgan fingerprint density at radius 1 is 1.44 bits per heavy atom. The first-order chi connectivity index (χ1) is 7.58. The maximum atomic E-state index is 11.9. The van der Waals surface area contributed by atoms with Crippen LogP contribution in [-0.2, 0) is 14.9 Å². The van der Waals surface area contributed by atoms with Gasteiger partial charge in [-0.05, 0) is 30.5 Å². The number of carbonyl (C=O) groups is 1. The van der Waals surface area contributed by atoms with Crippen LogP contribution >= 0.6 is 15.9 Å². The second-order valence-corrected chi connectivity index (χ2v) is 5.16. The van der Waals surface area contributed by atoms with Crippen molar-refractivity contribution < 1.29 is 9.53 Å². The van der Waals surface area contributed by atoms with E-state index in [1.54, 1.807) is 0 Å². The fraction of sp³-hybridized carbons (Fsp3) is 0.417. The van der Waals surface area contributed by atoms with E-state index in [-0.39, 0.29) is 12.0 Å². The number of hydrogen-bond acceptors (Lipinski definition) is 3. The molecule has 3 nitrogen and oxygen atoms in total. The van der Waals surface area contributed by atoms with Crippen LogP contribution in [0.3, 0.4) is 0 Å². The lowest BCUT2D eigenvalue weighted by Crippen LogP contribution is -2.54. The normalized spacial score (nSPS) is 28.3. The number of ether oxygens (including phenoxy) is 1. The SMILES string of the molecule is COC(=O)C1(c2ccc(Br)cc2)CC(N)C1. The van der Waals surface area contributed by atoms with Crippen LogP contribution in [0.5, 0.6) is 0 Å². The lowest BCUT2D eigenvalue weighted by molar-refractivity contribution is -0.152. The summed E-state index contributed by atoms with van der Waals surface area (Å²) in [6.45, 7) is 0. The van der Waals surface area contributed by atoms with E-state index in [0.29, 0.717) is 12.8 Å².